The summed E-state index contributed by atoms with van der Waals surface area (Å²) >= 11 is 0. The molecule has 1 fully saturated rings. The summed E-state index contributed by atoms with van der Waals surface area (Å²) in [4.78, 5) is 6.33. The van der Waals surface area contributed by atoms with E-state index in [1.165, 1.54) is 13.2 Å². The summed E-state index contributed by atoms with van der Waals surface area (Å²) in [5.74, 6) is -2.34. The molecule has 1 saturated heterocycles. The number of phenols is 2. The van der Waals surface area contributed by atoms with E-state index in [4.69, 9.17) is 9.47 Å². The molecular formula is C21H24FN3O5. The van der Waals surface area contributed by atoms with Crippen LogP contribution < -0.4 is 9.64 Å². The zero-order chi connectivity index (χ0) is 21.8. The summed E-state index contributed by atoms with van der Waals surface area (Å²) in [6.07, 6.45) is -0.697. The lowest BCUT2D eigenvalue weighted by Gasteiger charge is -2.40. The van der Waals surface area contributed by atoms with Crippen molar-refractivity contribution in [2.45, 2.75) is 25.6 Å². The average molecular weight is 417 g/mol. The number of aromatic hydroxyl groups is 2. The third-order valence-electron chi connectivity index (χ3n) is 5.61. The second-order valence-corrected chi connectivity index (χ2v) is 7.81. The Morgan fingerprint density at radius 1 is 1.27 bits per heavy atom. The summed E-state index contributed by atoms with van der Waals surface area (Å²) in [6.45, 7) is 4.47. The molecule has 1 aliphatic heterocycles. The van der Waals surface area contributed by atoms with Crippen molar-refractivity contribution in [1.82, 2.24) is 9.55 Å². The highest BCUT2D eigenvalue weighted by molar-refractivity contribution is 5.85. The number of benzene rings is 2. The standard InChI is InChI=1S/C21H24FN3O5/c1-11(26)24(3)12-5-6-15-14(7-12)23-20(25(15)21(2)9-30-10-21)13-8-16(29-4)18(27)19(28)17(13)22/h5-8,11,26-28H,9-10H2,1-4H3. The fraction of sp³-hybridized carbons (Fsp3) is 0.381. The smallest absolute Gasteiger partial charge is 0.203 e. The molecule has 2 heterocycles. The summed E-state index contributed by atoms with van der Waals surface area (Å²) in [5.41, 5.74) is 1.63. The molecule has 3 aromatic rings. The van der Waals surface area contributed by atoms with Crippen molar-refractivity contribution in [3.8, 4) is 28.6 Å². The van der Waals surface area contributed by atoms with Crippen LogP contribution in [-0.2, 0) is 10.3 Å². The van der Waals surface area contributed by atoms with Crippen LogP contribution in [-0.4, -0.2) is 58.5 Å². The number of phenolic OH excluding ortho intramolecular Hbond substituents is 2. The maximum absolute atomic E-state index is 15.0. The van der Waals surface area contributed by atoms with Gasteiger partial charge in [-0.3, -0.25) is 0 Å². The van der Waals surface area contributed by atoms with Gasteiger partial charge in [-0.15, -0.1) is 0 Å². The molecule has 30 heavy (non-hydrogen) atoms. The van der Waals surface area contributed by atoms with E-state index in [2.05, 4.69) is 4.98 Å². The second kappa shape index (κ2) is 7.03. The van der Waals surface area contributed by atoms with Gasteiger partial charge >= 0.3 is 0 Å². The molecule has 160 valence electrons. The molecule has 0 amide bonds. The zero-order valence-electron chi connectivity index (χ0n) is 17.2. The molecule has 2 aromatic carbocycles. The van der Waals surface area contributed by atoms with Crippen LogP contribution in [0.3, 0.4) is 0 Å². The van der Waals surface area contributed by atoms with Gasteiger partial charge in [-0.05, 0) is 38.1 Å². The Morgan fingerprint density at radius 2 is 1.97 bits per heavy atom. The van der Waals surface area contributed by atoms with Gasteiger partial charge in [0.2, 0.25) is 5.75 Å². The number of hydrogen-bond donors (Lipinski definition) is 3. The molecule has 0 spiro atoms. The normalized spacial score (nSPS) is 16.3. The molecular weight excluding hydrogens is 393 g/mol. The summed E-state index contributed by atoms with van der Waals surface area (Å²) in [5, 5.41) is 29.9. The molecule has 9 heteroatoms. The molecule has 1 unspecified atom stereocenters. The van der Waals surface area contributed by atoms with Crippen LogP contribution in [0.2, 0.25) is 0 Å². The summed E-state index contributed by atoms with van der Waals surface area (Å²) in [7, 11) is 3.08. The number of rotatable bonds is 5. The van der Waals surface area contributed by atoms with E-state index in [1.54, 1.807) is 24.9 Å². The number of hydrogen-bond acceptors (Lipinski definition) is 7. The SMILES string of the molecule is COc1cc(-c2nc3cc(N(C)C(C)O)ccc3n2C2(C)COC2)c(F)c(O)c1O. The lowest BCUT2D eigenvalue weighted by Crippen LogP contribution is -2.49. The zero-order valence-corrected chi connectivity index (χ0v) is 17.2. The average Bonchev–Trinajstić information content (AvgIpc) is 3.08. The van der Waals surface area contributed by atoms with Crippen LogP contribution in [0.1, 0.15) is 13.8 Å². The maximum Gasteiger partial charge on any atom is 0.203 e. The van der Waals surface area contributed by atoms with Crippen molar-refractivity contribution in [2.75, 3.05) is 32.3 Å². The number of nitrogens with zero attached hydrogens (tertiary/aromatic N) is 3. The Bertz CT molecular complexity index is 1120. The number of aromatic nitrogens is 2. The third kappa shape index (κ3) is 2.93. The fourth-order valence-electron chi connectivity index (χ4n) is 3.69. The first-order chi connectivity index (χ1) is 14.2. The molecule has 1 aromatic heterocycles. The van der Waals surface area contributed by atoms with Crippen molar-refractivity contribution in [3.63, 3.8) is 0 Å². The lowest BCUT2D eigenvalue weighted by atomic mass is 9.98. The van der Waals surface area contributed by atoms with Gasteiger partial charge in [-0.25, -0.2) is 9.37 Å². The number of halogens is 1. The van der Waals surface area contributed by atoms with Crippen molar-refractivity contribution in [3.05, 3.63) is 30.1 Å². The minimum absolute atomic E-state index is 0.00286. The largest absolute Gasteiger partial charge is 0.502 e. The summed E-state index contributed by atoms with van der Waals surface area (Å²) < 4.78 is 27.4. The minimum Gasteiger partial charge on any atom is -0.502 e. The highest BCUT2D eigenvalue weighted by atomic mass is 19.1. The maximum atomic E-state index is 15.0. The van der Waals surface area contributed by atoms with Crippen molar-refractivity contribution in [1.29, 1.82) is 0 Å². The van der Waals surface area contributed by atoms with Crippen LogP contribution in [0, 0.1) is 5.82 Å². The fourth-order valence-corrected chi connectivity index (χ4v) is 3.69. The number of aliphatic hydroxyl groups is 1. The molecule has 0 saturated carbocycles. The molecule has 0 bridgehead atoms. The Kier molecular flexibility index (Phi) is 4.74. The molecule has 4 rings (SSSR count). The van der Waals surface area contributed by atoms with Gasteiger partial charge in [0, 0.05) is 12.7 Å². The van der Waals surface area contributed by atoms with Gasteiger partial charge in [0.15, 0.2) is 17.3 Å². The van der Waals surface area contributed by atoms with E-state index in [0.717, 1.165) is 11.2 Å². The number of anilines is 1. The van der Waals surface area contributed by atoms with E-state index < -0.39 is 29.1 Å². The first kappa shape index (κ1) is 20.2. The van der Waals surface area contributed by atoms with Crippen LogP contribution in [0.4, 0.5) is 10.1 Å². The first-order valence-corrected chi connectivity index (χ1v) is 9.48. The molecule has 8 nitrogen and oxygen atoms in total. The monoisotopic (exact) mass is 417 g/mol. The van der Waals surface area contributed by atoms with Gasteiger partial charge in [0.25, 0.3) is 0 Å². The van der Waals surface area contributed by atoms with Crippen LogP contribution in [0.25, 0.3) is 22.4 Å². The van der Waals surface area contributed by atoms with E-state index in [0.29, 0.717) is 18.7 Å². The predicted molar refractivity (Wildman–Crippen MR) is 110 cm³/mol. The molecule has 0 aliphatic carbocycles. The van der Waals surface area contributed by atoms with E-state index in [-0.39, 0.29) is 17.1 Å². The minimum atomic E-state index is -0.991. The van der Waals surface area contributed by atoms with E-state index >= 15 is 4.39 Å². The lowest BCUT2D eigenvalue weighted by molar-refractivity contribution is -0.0868. The van der Waals surface area contributed by atoms with Crippen molar-refractivity contribution >= 4 is 16.7 Å². The van der Waals surface area contributed by atoms with Crippen LogP contribution >= 0.6 is 0 Å². The Hall–Kier alpha value is -3.04. The number of imidazole rings is 1. The molecule has 3 N–H and O–H groups in total. The summed E-state index contributed by atoms with van der Waals surface area (Å²) in [6, 6.07) is 6.83. The first-order valence-electron chi connectivity index (χ1n) is 9.48. The van der Waals surface area contributed by atoms with Crippen LogP contribution in [0.15, 0.2) is 24.3 Å². The second-order valence-electron chi connectivity index (χ2n) is 7.81. The number of fused-ring (bicyclic) bond motifs is 1. The highest BCUT2D eigenvalue weighted by Gasteiger charge is 2.39. The molecule has 1 aliphatic rings. The van der Waals surface area contributed by atoms with Gasteiger partial charge in [-0.1, -0.05) is 0 Å². The van der Waals surface area contributed by atoms with Crippen LogP contribution in [0.5, 0.6) is 17.2 Å². The number of methoxy groups -OCH3 is 1. The van der Waals surface area contributed by atoms with Crippen molar-refractivity contribution in [2.24, 2.45) is 0 Å². The third-order valence-corrected chi connectivity index (χ3v) is 5.61. The number of ether oxygens (including phenoxy) is 2. The van der Waals surface area contributed by atoms with E-state index in [1.807, 2.05) is 23.6 Å². The quantitative estimate of drug-likeness (QED) is 0.434. The van der Waals surface area contributed by atoms with Gasteiger partial charge < -0.3 is 34.3 Å². The Morgan fingerprint density at radius 3 is 2.53 bits per heavy atom. The molecule has 1 atom stereocenters. The van der Waals surface area contributed by atoms with Gasteiger partial charge in [-0.2, -0.15) is 0 Å². The topological polar surface area (TPSA) is 100 Å². The predicted octanol–water partition coefficient (Wildman–Crippen LogP) is 2.78. The highest BCUT2D eigenvalue weighted by Crippen LogP contribution is 2.45. The van der Waals surface area contributed by atoms with Crippen molar-refractivity contribution < 1.29 is 29.2 Å². The van der Waals surface area contributed by atoms with Gasteiger partial charge in [0.05, 0.1) is 42.5 Å². The molecule has 0 radical (unpaired) electrons. The van der Waals surface area contributed by atoms with E-state index in [9.17, 15) is 15.3 Å². The Labute approximate surface area is 172 Å². The van der Waals surface area contributed by atoms with Gasteiger partial charge in [0.1, 0.15) is 12.1 Å². The number of aliphatic hydroxyl groups excluding tert-OH is 1. The Balaban J connectivity index is 2.00.